The maximum atomic E-state index is 12.9. The molecule has 3 heteroatoms. The molecule has 174 valence electrons. The number of ketones is 1. The van der Waals surface area contributed by atoms with Crippen molar-refractivity contribution in [1.29, 1.82) is 0 Å². The molecule has 2 saturated carbocycles. The molecule has 1 aromatic carbocycles. The summed E-state index contributed by atoms with van der Waals surface area (Å²) in [6.45, 7) is 4.30. The van der Waals surface area contributed by atoms with Gasteiger partial charge in [-0.2, -0.15) is 0 Å². The number of likely N-dealkylation sites (tertiary alicyclic amines) is 1. The number of carbonyl (C=O) groups excluding carboxylic acids is 2. The second-order valence-corrected chi connectivity index (χ2v) is 11.6. The van der Waals surface area contributed by atoms with Crippen molar-refractivity contribution in [2.24, 2.45) is 17.3 Å². The van der Waals surface area contributed by atoms with Crippen LogP contribution in [0.4, 0.5) is 0 Å². The maximum absolute atomic E-state index is 12.9. The van der Waals surface area contributed by atoms with E-state index in [0.717, 1.165) is 43.8 Å². The molecule has 0 N–H and O–H groups in total. The molecule has 1 aliphatic heterocycles. The number of nitrogens with zero attached hydrogens (tertiary/aromatic N) is 1. The summed E-state index contributed by atoms with van der Waals surface area (Å²) in [5.41, 5.74) is 7.05. The third kappa shape index (κ3) is 3.63. The Labute approximate surface area is 198 Å². The van der Waals surface area contributed by atoms with Crippen LogP contribution in [0.2, 0.25) is 0 Å². The Hall–Kier alpha value is -2.16. The van der Waals surface area contributed by atoms with Crippen LogP contribution in [0.25, 0.3) is 0 Å². The van der Waals surface area contributed by atoms with Crippen LogP contribution in [-0.4, -0.2) is 29.7 Å². The lowest BCUT2D eigenvalue weighted by atomic mass is 9.56. The van der Waals surface area contributed by atoms with Gasteiger partial charge < -0.3 is 4.90 Å². The highest BCUT2D eigenvalue weighted by Crippen LogP contribution is 2.61. The van der Waals surface area contributed by atoms with E-state index < -0.39 is 0 Å². The molecule has 3 fully saturated rings. The van der Waals surface area contributed by atoms with Crippen molar-refractivity contribution in [1.82, 2.24) is 4.90 Å². The van der Waals surface area contributed by atoms with Crippen molar-refractivity contribution in [3.05, 3.63) is 58.2 Å². The number of piperidine rings is 1. The van der Waals surface area contributed by atoms with Gasteiger partial charge in [0.05, 0.1) is 0 Å². The second-order valence-electron chi connectivity index (χ2n) is 11.6. The van der Waals surface area contributed by atoms with Gasteiger partial charge in [0.1, 0.15) is 0 Å². The Morgan fingerprint density at radius 2 is 1.76 bits per heavy atom. The summed E-state index contributed by atoms with van der Waals surface area (Å²) in [6, 6.07) is 8.29. The molecule has 6 rings (SSSR count). The molecule has 1 aromatic rings. The highest BCUT2D eigenvalue weighted by Gasteiger charge is 2.49. The Kier molecular flexibility index (Phi) is 5.35. The fraction of sp³-hybridized carbons (Fsp3) is 0.600. The Bertz CT molecular complexity index is 1030. The van der Waals surface area contributed by atoms with Gasteiger partial charge in [0.2, 0.25) is 0 Å². The number of rotatable bonds is 2. The van der Waals surface area contributed by atoms with Crippen molar-refractivity contribution in [2.75, 3.05) is 13.1 Å². The molecule has 33 heavy (non-hydrogen) atoms. The van der Waals surface area contributed by atoms with Crippen molar-refractivity contribution >= 4 is 11.7 Å². The minimum absolute atomic E-state index is 0.161. The number of hydrogen-bond acceptors (Lipinski definition) is 2. The number of amides is 1. The standard InChI is InChI=1S/C30H37NO2/c1-30-14-5-6-27(30)24-12-11-22-18-23(32)19-26(28(22)25(24)13-15-30)20-7-9-21(10-8-20)29(33)31-16-3-2-4-17-31/h7-10,18,24,26-27H,2-6,11-17,19H2,1H3/t24-,26?,27+,30+/m1/s1. The predicted octanol–water partition coefficient (Wildman–Crippen LogP) is 6.60. The van der Waals surface area contributed by atoms with Gasteiger partial charge in [-0.1, -0.05) is 31.1 Å². The Morgan fingerprint density at radius 1 is 0.970 bits per heavy atom. The van der Waals surface area contributed by atoms with Crippen LogP contribution in [0.3, 0.4) is 0 Å². The third-order valence-corrected chi connectivity index (χ3v) is 9.77. The highest BCUT2D eigenvalue weighted by molar-refractivity contribution is 5.95. The van der Waals surface area contributed by atoms with E-state index in [4.69, 9.17) is 0 Å². The van der Waals surface area contributed by atoms with Crippen LogP contribution in [-0.2, 0) is 4.79 Å². The smallest absolute Gasteiger partial charge is 0.253 e. The maximum Gasteiger partial charge on any atom is 0.253 e. The van der Waals surface area contributed by atoms with Crippen molar-refractivity contribution in [2.45, 2.75) is 83.5 Å². The van der Waals surface area contributed by atoms with Gasteiger partial charge in [-0.15, -0.1) is 0 Å². The summed E-state index contributed by atoms with van der Waals surface area (Å²) < 4.78 is 0. The molecule has 0 radical (unpaired) electrons. The summed E-state index contributed by atoms with van der Waals surface area (Å²) in [7, 11) is 0. The molecular formula is C30H37NO2. The van der Waals surface area contributed by atoms with Crippen LogP contribution in [0.1, 0.15) is 99.4 Å². The van der Waals surface area contributed by atoms with E-state index >= 15 is 0 Å². The zero-order valence-electron chi connectivity index (χ0n) is 20.1. The van der Waals surface area contributed by atoms with Crippen molar-refractivity contribution in [3.63, 3.8) is 0 Å². The molecule has 0 aromatic heterocycles. The predicted molar refractivity (Wildman–Crippen MR) is 131 cm³/mol. The van der Waals surface area contributed by atoms with Crippen LogP contribution in [0.5, 0.6) is 0 Å². The van der Waals surface area contributed by atoms with Crippen molar-refractivity contribution < 1.29 is 9.59 Å². The molecule has 4 aliphatic carbocycles. The molecular weight excluding hydrogens is 406 g/mol. The molecule has 1 unspecified atom stereocenters. The molecule has 4 atom stereocenters. The molecule has 3 nitrogen and oxygen atoms in total. The minimum atomic E-state index is 0.161. The third-order valence-electron chi connectivity index (χ3n) is 9.77. The molecule has 1 heterocycles. The second kappa shape index (κ2) is 8.25. The summed E-state index contributed by atoms with van der Waals surface area (Å²) in [5.74, 6) is 2.15. The van der Waals surface area contributed by atoms with Crippen LogP contribution >= 0.6 is 0 Å². The van der Waals surface area contributed by atoms with E-state index in [1.54, 1.807) is 5.57 Å². The van der Waals surface area contributed by atoms with E-state index in [-0.39, 0.29) is 17.6 Å². The van der Waals surface area contributed by atoms with E-state index in [2.05, 4.69) is 19.1 Å². The number of fused-ring (bicyclic) bond motifs is 4. The minimum Gasteiger partial charge on any atom is -0.339 e. The monoisotopic (exact) mass is 443 g/mol. The van der Waals surface area contributed by atoms with Gasteiger partial charge >= 0.3 is 0 Å². The first-order chi connectivity index (χ1) is 16.0. The zero-order valence-corrected chi connectivity index (χ0v) is 20.1. The van der Waals surface area contributed by atoms with Crippen LogP contribution in [0.15, 0.2) is 47.1 Å². The highest BCUT2D eigenvalue weighted by atomic mass is 16.2. The van der Waals surface area contributed by atoms with E-state index in [0.29, 0.717) is 17.8 Å². The first-order valence-electron chi connectivity index (χ1n) is 13.4. The average molecular weight is 444 g/mol. The Balaban J connectivity index is 1.33. The van der Waals surface area contributed by atoms with Crippen LogP contribution < -0.4 is 0 Å². The summed E-state index contributed by atoms with van der Waals surface area (Å²) in [6.07, 6.45) is 15.0. The molecule has 1 amide bonds. The molecule has 5 aliphatic rings. The normalized spacial score (nSPS) is 33.8. The summed E-state index contributed by atoms with van der Waals surface area (Å²) in [5, 5.41) is 0. The quantitative estimate of drug-likeness (QED) is 0.516. The van der Waals surface area contributed by atoms with Gasteiger partial charge in [0, 0.05) is 31.0 Å². The lowest BCUT2D eigenvalue weighted by Gasteiger charge is -2.48. The van der Waals surface area contributed by atoms with Gasteiger partial charge in [-0.05, 0) is 110 Å². The molecule has 0 spiro atoms. The summed E-state index contributed by atoms with van der Waals surface area (Å²) in [4.78, 5) is 27.7. The van der Waals surface area contributed by atoms with Gasteiger partial charge in [-0.3, -0.25) is 9.59 Å². The van der Waals surface area contributed by atoms with E-state index in [1.165, 1.54) is 61.7 Å². The van der Waals surface area contributed by atoms with Gasteiger partial charge in [0.15, 0.2) is 5.78 Å². The number of hydrogen-bond donors (Lipinski definition) is 0. The molecule has 0 bridgehead atoms. The zero-order chi connectivity index (χ0) is 22.6. The SMILES string of the molecule is C[C@@]12CCC[C@H]1[C@@H]1CCC3=CC(=O)CC(c4ccc(C(=O)N5CCCCC5)cc4)C3=C1CC2. The Morgan fingerprint density at radius 3 is 2.55 bits per heavy atom. The fourth-order valence-electron chi connectivity index (χ4n) is 8.04. The fourth-order valence-corrected chi connectivity index (χ4v) is 8.04. The van der Waals surface area contributed by atoms with Gasteiger partial charge in [0.25, 0.3) is 5.91 Å². The molecule has 1 saturated heterocycles. The van der Waals surface area contributed by atoms with Gasteiger partial charge in [-0.25, -0.2) is 0 Å². The lowest BCUT2D eigenvalue weighted by Crippen LogP contribution is -2.37. The van der Waals surface area contributed by atoms with E-state index in [1.807, 2.05) is 23.1 Å². The van der Waals surface area contributed by atoms with Crippen molar-refractivity contribution in [3.8, 4) is 0 Å². The van der Waals surface area contributed by atoms with E-state index in [9.17, 15) is 9.59 Å². The summed E-state index contributed by atoms with van der Waals surface area (Å²) >= 11 is 0. The van der Waals surface area contributed by atoms with Crippen LogP contribution in [0, 0.1) is 17.3 Å². The largest absolute Gasteiger partial charge is 0.339 e. The topological polar surface area (TPSA) is 37.4 Å². The number of carbonyl (C=O) groups is 2. The first kappa shape index (κ1) is 21.4. The number of allylic oxidation sites excluding steroid dienone is 4. The number of benzene rings is 1. The lowest BCUT2D eigenvalue weighted by molar-refractivity contribution is -0.115. The first-order valence-corrected chi connectivity index (χ1v) is 13.4. The average Bonchev–Trinajstić information content (AvgIpc) is 3.25.